The second kappa shape index (κ2) is 5.48. The molecule has 0 radical (unpaired) electrons. The predicted octanol–water partition coefficient (Wildman–Crippen LogP) is 1.98. The Morgan fingerprint density at radius 1 is 1.08 bits per heavy atom. The maximum Gasteiger partial charge on any atom is 0.419 e. The average Bonchev–Trinajstić information content (AvgIpc) is 3.07. The largest absolute Gasteiger partial charge is 0.419 e. The van der Waals surface area contributed by atoms with E-state index >= 15 is 0 Å². The molecule has 1 fully saturated rings. The van der Waals surface area contributed by atoms with Crippen molar-refractivity contribution < 1.29 is 22.0 Å². The average molecular weight is 358 g/mol. The van der Waals surface area contributed by atoms with E-state index in [9.17, 15) is 22.0 Å². The van der Waals surface area contributed by atoms with Gasteiger partial charge in [-0.25, -0.2) is 23.3 Å². The first-order valence-corrected chi connectivity index (χ1v) is 7.42. The molecule has 11 heteroatoms. The van der Waals surface area contributed by atoms with Crippen LogP contribution in [0.3, 0.4) is 0 Å². The second-order valence-electron chi connectivity index (χ2n) is 5.59. The van der Waals surface area contributed by atoms with E-state index in [2.05, 4.69) is 20.4 Å². The minimum atomic E-state index is -5.04. The first kappa shape index (κ1) is 15.9. The van der Waals surface area contributed by atoms with Gasteiger partial charge in [0, 0.05) is 26.2 Å². The summed E-state index contributed by atoms with van der Waals surface area (Å²) in [6, 6.07) is 0.504. The SMILES string of the molecule is Fc1c(C(F)(F)F)cc2c(nc(N3CCNCC3)c3ncnn32)c1F. The number of halogens is 5. The smallest absolute Gasteiger partial charge is 0.351 e. The van der Waals surface area contributed by atoms with Gasteiger partial charge < -0.3 is 10.2 Å². The molecule has 0 saturated carbocycles. The normalized spacial score (nSPS) is 16.1. The molecule has 1 aliphatic rings. The number of anilines is 1. The number of aromatic nitrogens is 4. The molecule has 0 atom stereocenters. The van der Waals surface area contributed by atoms with Gasteiger partial charge in [-0.1, -0.05) is 0 Å². The monoisotopic (exact) mass is 358 g/mol. The molecule has 4 rings (SSSR count). The lowest BCUT2D eigenvalue weighted by atomic mass is 10.1. The van der Waals surface area contributed by atoms with Gasteiger partial charge in [-0.05, 0) is 6.07 Å². The van der Waals surface area contributed by atoms with Crippen LogP contribution in [-0.4, -0.2) is 45.8 Å². The van der Waals surface area contributed by atoms with Crippen molar-refractivity contribution in [1.29, 1.82) is 0 Å². The lowest BCUT2D eigenvalue weighted by Gasteiger charge is -2.28. The summed E-state index contributed by atoms with van der Waals surface area (Å²) in [5.74, 6) is -3.37. The van der Waals surface area contributed by atoms with E-state index in [0.29, 0.717) is 32.2 Å². The highest BCUT2D eigenvalue weighted by Crippen LogP contribution is 2.36. The highest BCUT2D eigenvalue weighted by atomic mass is 19.4. The molecular formula is C14H11F5N6. The van der Waals surface area contributed by atoms with Crippen molar-refractivity contribution in [2.24, 2.45) is 0 Å². The number of nitrogens with zero attached hydrogens (tertiary/aromatic N) is 5. The van der Waals surface area contributed by atoms with Crippen LogP contribution >= 0.6 is 0 Å². The third-order valence-corrected chi connectivity index (χ3v) is 4.08. The molecule has 1 aliphatic heterocycles. The van der Waals surface area contributed by atoms with Crippen LogP contribution in [-0.2, 0) is 6.18 Å². The molecule has 0 amide bonds. The minimum Gasteiger partial charge on any atom is -0.351 e. The Kier molecular flexibility index (Phi) is 3.49. The maximum absolute atomic E-state index is 14.3. The molecule has 132 valence electrons. The third kappa shape index (κ3) is 2.46. The van der Waals surface area contributed by atoms with Crippen LogP contribution in [0.15, 0.2) is 12.4 Å². The van der Waals surface area contributed by atoms with E-state index in [1.165, 1.54) is 0 Å². The van der Waals surface area contributed by atoms with Gasteiger partial charge >= 0.3 is 6.18 Å². The van der Waals surface area contributed by atoms with Crippen LogP contribution in [0.5, 0.6) is 0 Å². The summed E-state index contributed by atoms with van der Waals surface area (Å²) in [6.45, 7) is 2.41. The van der Waals surface area contributed by atoms with Crippen LogP contribution in [0.4, 0.5) is 27.8 Å². The molecule has 1 saturated heterocycles. The number of rotatable bonds is 1. The molecule has 6 nitrogen and oxygen atoms in total. The highest BCUT2D eigenvalue weighted by molar-refractivity contribution is 5.84. The Balaban J connectivity index is 2.04. The Morgan fingerprint density at radius 3 is 2.48 bits per heavy atom. The van der Waals surface area contributed by atoms with Crippen molar-refractivity contribution in [2.75, 3.05) is 31.1 Å². The second-order valence-corrected chi connectivity index (χ2v) is 5.59. The summed E-state index contributed by atoms with van der Waals surface area (Å²) in [4.78, 5) is 9.89. The topological polar surface area (TPSA) is 58.4 Å². The van der Waals surface area contributed by atoms with Crippen LogP contribution in [0.1, 0.15) is 5.56 Å². The zero-order chi connectivity index (χ0) is 17.8. The lowest BCUT2D eigenvalue weighted by molar-refractivity contribution is -0.140. The number of nitrogens with one attached hydrogen (secondary N) is 1. The van der Waals surface area contributed by atoms with Crippen molar-refractivity contribution >= 4 is 22.5 Å². The van der Waals surface area contributed by atoms with Crippen molar-refractivity contribution in [3.05, 3.63) is 29.6 Å². The van der Waals surface area contributed by atoms with Crippen molar-refractivity contribution in [2.45, 2.75) is 6.18 Å². The van der Waals surface area contributed by atoms with Crippen molar-refractivity contribution in [3.63, 3.8) is 0 Å². The van der Waals surface area contributed by atoms with Gasteiger partial charge in [0.1, 0.15) is 11.8 Å². The van der Waals surface area contributed by atoms with Crippen molar-refractivity contribution in [1.82, 2.24) is 24.9 Å². The molecular weight excluding hydrogens is 347 g/mol. The quantitative estimate of drug-likeness (QED) is 0.675. The number of hydrogen-bond donors (Lipinski definition) is 1. The van der Waals surface area contributed by atoms with Crippen LogP contribution in [0, 0.1) is 11.6 Å². The molecule has 25 heavy (non-hydrogen) atoms. The van der Waals surface area contributed by atoms with E-state index in [0.717, 1.165) is 10.8 Å². The number of benzene rings is 1. The van der Waals surface area contributed by atoms with E-state index < -0.39 is 28.9 Å². The molecule has 3 heterocycles. The van der Waals surface area contributed by atoms with Crippen LogP contribution < -0.4 is 10.2 Å². The fraction of sp³-hybridized carbons (Fsp3) is 0.357. The molecule has 3 aromatic rings. The van der Waals surface area contributed by atoms with E-state index in [-0.39, 0.29) is 17.0 Å². The summed E-state index contributed by atoms with van der Waals surface area (Å²) < 4.78 is 68.2. The van der Waals surface area contributed by atoms with Gasteiger partial charge in [-0.15, -0.1) is 0 Å². The summed E-state index contributed by atoms with van der Waals surface area (Å²) in [6.07, 6.45) is -3.90. The van der Waals surface area contributed by atoms with Crippen molar-refractivity contribution in [3.8, 4) is 0 Å². The Morgan fingerprint density at radius 2 is 1.80 bits per heavy atom. The number of alkyl halides is 3. The van der Waals surface area contributed by atoms with Crippen LogP contribution in [0.25, 0.3) is 16.7 Å². The Hall–Kier alpha value is -2.56. The molecule has 1 N–H and O–H groups in total. The van der Waals surface area contributed by atoms with E-state index in [1.54, 1.807) is 4.90 Å². The predicted molar refractivity (Wildman–Crippen MR) is 78.3 cm³/mol. The van der Waals surface area contributed by atoms with Gasteiger partial charge in [0.15, 0.2) is 23.1 Å². The van der Waals surface area contributed by atoms with E-state index in [4.69, 9.17) is 0 Å². The summed E-state index contributed by atoms with van der Waals surface area (Å²) in [5, 5.41) is 7.00. The molecule has 0 bridgehead atoms. The molecule has 2 aromatic heterocycles. The van der Waals surface area contributed by atoms with Gasteiger partial charge in [0.25, 0.3) is 0 Å². The fourth-order valence-electron chi connectivity index (χ4n) is 2.89. The summed E-state index contributed by atoms with van der Waals surface area (Å²) >= 11 is 0. The fourth-order valence-corrected chi connectivity index (χ4v) is 2.89. The Labute approximate surface area is 137 Å². The summed E-state index contributed by atoms with van der Waals surface area (Å²) in [5.41, 5.74) is -2.32. The maximum atomic E-state index is 14.3. The standard InChI is InChI=1S/C14H11F5N6/c15-9-7(14(17,18)19)5-8-11(10(9)16)23-13(12-21-6-22-25(8)12)24-3-1-20-2-4-24/h5-6,20H,1-4H2. The minimum absolute atomic E-state index is 0.188. The molecule has 0 unspecified atom stereocenters. The number of hydrogen-bond acceptors (Lipinski definition) is 5. The molecule has 0 aliphatic carbocycles. The number of fused-ring (bicyclic) bond motifs is 3. The lowest BCUT2D eigenvalue weighted by Crippen LogP contribution is -2.44. The summed E-state index contributed by atoms with van der Waals surface area (Å²) in [7, 11) is 0. The molecule has 1 aromatic carbocycles. The Bertz CT molecular complexity index is 960. The third-order valence-electron chi connectivity index (χ3n) is 4.08. The van der Waals surface area contributed by atoms with Gasteiger partial charge in [0.05, 0.1) is 11.1 Å². The van der Waals surface area contributed by atoms with Gasteiger partial charge in [0.2, 0.25) is 0 Å². The zero-order valence-electron chi connectivity index (χ0n) is 12.6. The van der Waals surface area contributed by atoms with E-state index in [1.807, 2.05) is 0 Å². The van der Waals surface area contributed by atoms with Crippen LogP contribution in [0.2, 0.25) is 0 Å². The number of piperazine rings is 1. The van der Waals surface area contributed by atoms with Gasteiger partial charge in [-0.2, -0.15) is 18.3 Å². The first-order valence-electron chi connectivity index (χ1n) is 7.42. The first-order chi connectivity index (χ1) is 11.9. The van der Waals surface area contributed by atoms with Gasteiger partial charge in [-0.3, -0.25) is 0 Å². The molecule has 0 spiro atoms. The highest BCUT2D eigenvalue weighted by Gasteiger charge is 2.37. The zero-order valence-corrected chi connectivity index (χ0v) is 12.6.